The van der Waals surface area contributed by atoms with Crippen LogP contribution in [-0.4, -0.2) is 57.8 Å². The molecule has 0 radical (unpaired) electrons. The molecule has 204 valence electrons. The number of benzene rings is 1. The first-order valence-corrected chi connectivity index (χ1v) is 14.0. The Morgan fingerprint density at radius 1 is 0.946 bits per heavy atom. The van der Waals surface area contributed by atoms with E-state index in [1.807, 2.05) is 0 Å². The van der Waals surface area contributed by atoms with Crippen LogP contribution >= 0.6 is 0 Å². The maximum absolute atomic E-state index is 13.7. The summed E-state index contributed by atoms with van der Waals surface area (Å²) in [5.41, 5.74) is -1.88. The first-order valence-electron chi connectivity index (χ1n) is 12.5. The van der Waals surface area contributed by atoms with E-state index in [0.717, 1.165) is 32.1 Å². The monoisotopic (exact) mass is 535 g/mol. The standard InChI is InChI=1S/C25H37N5O6S/c1-24(2,3)35-22(31)19(21-26-28-29-30(21)17-13-9-7-10-14-17)20(23(32)36-25(4,5)6)27-37(33,34)18-15-11-8-12-16-18/h8,11-12,15-17,19-20,27H,7,9-10,13-14H2,1-6H3. The lowest BCUT2D eigenvalue weighted by Gasteiger charge is -2.31. The number of aromatic nitrogens is 4. The number of esters is 2. The van der Waals surface area contributed by atoms with Crippen LogP contribution in [0.3, 0.4) is 0 Å². The Labute approximate surface area is 218 Å². The van der Waals surface area contributed by atoms with Gasteiger partial charge in [-0.05, 0) is 76.9 Å². The second-order valence-corrected chi connectivity index (χ2v) is 12.9. The summed E-state index contributed by atoms with van der Waals surface area (Å²) < 4.78 is 41.9. The maximum atomic E-state index is 13.7. The summed E-state index contributed by atoms with van der Waals surface area (Å²) in [6.07, 6.45) is 4.62. The minimum atomic E-state index is -4.25. The molecule has 1 aliphatic rings. The molecule has 1 heterocycles. The van der Waals surface area contributed by atoms with Crippen LogP contribution in [0.15, 0.2) is 35.2 Å². The Balaban J connectivity index is 2.14. The Morgan fingerprint density at radius 3 is 2.08 bits per heavy atom. The van der Waals surface area contributed by atoms with Crippen molar-refractivity contribution in [3.63, 3.8) is 0 Å². The average molecular weight is 536 g/mol. The highest BCUT2D eigenvalue weighted by Gasteiger charge is 2.46. The van der Waals surface area contributed by atoms with E-state index < -0.39 is 45.1 Å². The topological polar surface area (TPSA) is 142 Å². The molecule has 0 amide bonds. The second kappa shape index (κ2) is 11.3. The highest BCUT2D eigenvalue weighted by molar-refractivity contribution is 7.89. The van der Waals surface area contributed by atoms with Gasteiger partial charge in [0, 0.05) is 0 Å². The maximum Gasteiger partial charge on any atom is 0.326 e. The smallest absolute Gasteiger partial charge is 0.326 e. The zero-order valence-electron chi connectivity index (χ0n) is 22.3. The van der Waals surface area contributed by atoms with Crippen LogP contribution in [0.2, 0.25) is 0 Å². The number of nitrogens with one attached hydrogen (secondary N) is 1. The molecule has 1 N–H and O–H groups in total. The molecule has 0 spiro atoms. The lowest BCUT2D eigenvalue weighted by atomic mass is 9.94. The van der Waals surface area contributed by atoms with Gasteiger partial charge in [-0.3, -0.25) is 9.59 Å². The number of tetrazole rings is 1. The van der Waals surface area contributed by atoms with Crippen LogP contribution in [-0.2, 0) is 29.1 Å². The summed E-state index contributed by atoms with van der Waals surface area (Å²) in [5, 5.41) is 12.0. The van der Waals surface area contributed by atoms with Crippen LogP contribution in [0.25, 0.3) is 0 Å². The van der Waals surface area contributed by atoms with Crippen molar-refractivity contribution in [2.45, 2.75) is 108 Å². The zero-order valence-corrected chi connectivity index (χ0v) is 23.1. The van der Waals surface area contributed by atoms with E-state index in [0.29, 0.717) is 0 Å². The Bertz CT molecular complexity index is 1180. The molecule has 3 rings (SSSR count). The lowest BCUT2D eigenvalue weighted by molar-refractivity contribution is -0.166. The van der Waals surface area contributed by atoms with Gasteiger partial charge in [-0.2, -0.15) is 4.72 Å². The van der Waals surface area contributed by atoms with Crippen LogP contribution in [0, 0.1) is 0 Å². The summed E-state index contributed by atoms with van der Waals surface area (Å²) >= 11 is 0. The van der Waals surface area contributed by atoms with Crippen LogP contribution in [0.1, 0.15) is 91.4 Å². The van der Waals surface area contributed by atoms with Gasteiger partial charge in [0.15, 0.2) is 5.82 Å². The number of hydrogen-bond acceptors (Lipinski definition) is 9. The molecule has 2 unspecified atom stereocenters. The van der Waals surface area contributed by atoms with Gasteiger partial charge in [0.2, 0.25) is 10.0 Å². The molecule has 0 saturated heterocycles. The number of carbonyl (C=O) groups excluding carboxylic acids is 2. The Kier molecular flexibility index (Phi) is 8.74. The minimum absolute atomic E-state index is 0.0489. The number of hydrogen-bond donors (Lipinski definition) is 1. The summed E-state index contributed by atoms with van der Waals surface area (Å²) in [6, 6.07) is 5.80. The van der Waals surface area contributed by atoms with Gasteiger partial charge in [-0.15, -0.1) is 5.10 Å². The normalized spacial score (nSPS) is 17.1. The van der Waals surface area contributed by atoms with Crippen molar-refractivity contribution < 1.29 is 27.5 Å². The molecule has 1 aromatic heterocycles. The van der Waals surface area contributed by atoms with Crippen molar-refractivity contribution in [2.24, 2.45) is 0 Å². The predicted octanol–water partition coefficient (Wildman–Crippen LogP) is 3.29. The number of sulfonamides is 1. The van der Waals surface area contributed by atoms with Crippen molar-refractivity contribution in [3.8, 4) is 0 Å². The molecular weight excluding hydrogens is 498 g/mol. The number of nitrogens with zero attached hydrogens (tertiary/aromatic N) is 4. The van der Waals surface area contributed by atoms with Crippen LogP contribution in [0.4, 0.5) is 0 Å². The highest BCUT2D eigenvalue weighted by Crippen LogP contribution is 2.32. The van der Waals surface area contributed by atoms with E-state index in [2.05, 4.69) is 20.2 Å². The van der Waals surface area contributed by atoms with Gasteiger partial charge in [-0.1, -0.05) is 37.5 Å². The molecule has 1 aliphatic carbocycles. The molecule has 12 heteroatoms. The molecule has 0 aliphatic heterocycles. The van der Waals surface area contributed by atoms with Gasteiger partial charge in [-0.25, -0.2) is 13.1 Å². The first-order chi connectivity index (χ1) is 17.2. The highest BCUT2D eigenvalue weighted by atomic mass is 32.2. The largest absolute Gasteiger partial charge is 0.459 e. The molecule has 0 bridgehead atoms. The van der Waals surface area contributed by atoms with E-state index in [1.165, 1.54) is 16.8 Å². The zero-order chi connectivity index (χ0) is 27.4. The van der Waals surface area contributed by atoms with Gasteiger partial charge < -0.3 is 9.47 Å². The third-order valence-electron chi connectivity index (χ3n) is 5.71. The minimum Gasteiger partial charge on any atom is -0.459 e. The van der Waals surface area contributed by atoms with Crippen LogP contribution in [0.5, 0.6) is 0 Å². The number of carbonyl (C=O) groups is 2. The van der Waals surface area contributed by atoms with Crippen molar-refractivity contribution >= 4 is 22.0 Å². The van der Waals surface area contributed by atoms with Crippen molar-refractivity contribution in [1.82, 2.24) is 24.9 Å². The van der Waals surface area contributed by atoms with Crippen LogP contribution < -0.4 is 4.72 Å². The van der Waals surface area contributed by atoms with E-state index in [-0.39, 0.29) is 16.8 Å². The fraction of sp³-hybridized carbons (Fsp3) is 0.640. The second-order valence-electron chi connectivity index (χ2n) is 11.2. The molecule has 37 heavy (non-hydrogen) atoms. The first kappa shape index (κ1) is 28.7. The van der Waals surface area contributed by atoms with Gasteiger partial charge in [0.05, 0.1) is 10.9 Å². The van der Waals surface area contributed by atoms with E-state index in [9.17, 15) is 18.0 Å². The molecule has 2 aromatic rings. The number of rotatable bonds is 8. The third kappa shape index (κ3) is 7.81. The molecule has 2 atom stereocenters. The van der Waals surface area contributed by atoms with Gasteiger partial charge in [0.25, 0.3) is 0 Å². The summed E-state index contributed by atoms with van der Waals surface area (Å²) in [4.78, 5) is 27.1. The molecule has 1 saturated carbocycles. The molecule has 11 nitrogen and oxygen atoms in total. The quantitative estimate of drug-likeness (QED) is 0.504. The SMILES string of the molecule is CC(C)(C)OC(=O)C(NS(=O)(=O)c1ccccc1)C(C(=O)OC(C)(C)C)c1nnnn1C1CCCCC1. The molecule has 1 fully saturated rings. The van der Waals surface area contributed by atoms with Crippen molar-refractivity contribution in [1.29, 1.82) is 0 Å². The summed E-state index contributed by atoms with van der Waals surface area (Å²) in [5.74, 6) is -3.23. The summed E-state index contributed by atoms with van der Waals surface area (Å²) in [7, 11) is -4.25. The fourth-order valence-electron chi connectivity index (χ4n) is 4.20. The predicted molar refractivity (Wildman–Crippen MR) is 135 cm³/mol. The van der Waals surface area contributed by atoms with E-state index in [1.54, 1.807) is 59.7 Å². The fourth-order valence-corrected chi connectivity index (χ4v) is 5.42. The van der Waals surface area contributed by atoms with E-state index >= 15 is 0 Å². The number of ether oxygens (including phenoxy) is 2. The third-order valence-corrected chi connectivity index (χ3v) is 7.16. The van der Waals surface area contributed by atoms with Crippen molar-refractivity contribution in [3.05, 3.63) is 36.2 Å². The average Bonchev–Trinajstić information content (AvgIpc) is 3.27. The molecule has 1 aromatic carbocycles. The Morgan fingerprint density at radius 2 is 1.51 bits per heavy atom. The molecular formula is C25H37N5O6S. The lowest BCUT2D eigenvalue weighted by Crippen LogP contribution is -2.51. The summed E-state index contributed by atoms with van der Waals surface area (Å²) in [6.45, 7) is 10.0. The Hall–Kier alpha value is -2.86. The van der Waals surface area contributed by atoms with E-state index in [4.69, 9.17) is 9.47 Å². The van der Waals surface area contributed by atoms with Gasteiger partial charge in [0.1, 0.15) is 23.2 Å². The van der Waals surface area contributed by atoms with Gasteiger partial charge >= 0.3 is 11.9 Å². The van der Waals surface area contributed by atoms with Crippen molar-refractivity contribution in [2.75, 3.05) is 0 Å².